The van der Waals surface area contributed by atoms with E-state index in [1.807, 2.05) is 6.08 Å². The van der Waals surface area contributed by atoms with Crippen molar-refractivity contribution in [2.45, 2.75) is 31.8 Å². The molecule has 1 heteroatoms. The first-order chi connectivity index (χ1) is 4.83. The second-order valence-corrected chi connectivity index (χ2v) is 2.84. The minimum atomic E-state index is 0.540. The molecular weight excluding hydrogens is 122 g/mol. The highest BCUT2D eigenvalue weighted by atomic mass is 14.9. The third-order valence-corrected chi connectivity index (χ3v) is 1.80. The van der Waals surface area contributed by atoms with E-state index < -0.39 is 0 Å². The molecule has 0 spiro atoms. The quantitative estimate of drug-likeness (QED) is 0.573. The highest BCUT2D eigenvalue weighted by molar-refractivity contribution is 5.00. The lowest BCUT2D eigenvalue weighted by Crippen LogP contribution is -2.37. The molecular formula is C9H15N. The molecule has 0 aromatic rings. The first-order valence-electron chi connectivity index (χ1n) is 3.86. The van der Waals surface area contributed by atoms with Gasteiger partial charge in [0.05, 0.1) is 0 Å². The summed E-state index contributed by atoms with van der Waals surface area (Å²) in [6, 6.07) is 1.16. The van der Waals surface area contributed by atoms with Crippen molar-refractivity contribution in [3.8, 4) is 0 Å². The second-order valence-electron chi connectivity index (χ2n) is 2.84. The predicted octanol–water partition coefficient (Wildman–Crippen LogP) is 1.87. The van der Waals surface area contributed by atoms with Crippen LogP contribution in [0.25, 0.3) is 0 Å². The summed E-state index contributed by atoms with van der Waals surface area (Å²) < 4.78 is 0. The Labute approximate surface area is 62.8 Å². The lowest BCUT2D eigenvalue weighted by Gasteiger charge is -2.23. The Hall–Kier alpha value is -0.560. The summed E-state index contributed by atoms with van der Waals surface area (Å²) in [5, 5.41) is 3.46. The van der Waals surface area contributed by atoms with Crippen molar-refractivity contribution in [1.82, 2.24) is 5.32 Å². The van der Waals surface area contributed by atoms with Crippen molar-refractivity contribution in [1.29, 1.82) is 0 Å². The highest BCUT2D eigenvalue weighted by Crippen LogP contribution is 2.07. The monoisotopic (exact) mass is 137 g/mol. The Morgan fingerprint density at radius 2 is 2.60 bits per heavy atom. The normalized spacial score (nSPS) is 32.1. The van der Waals surface area contributed by atoms with E-state index in [4.69, 9.17) is 0 Å². The predicted molar refractivity (Wildman–Crippen MR) is 45.0 cm³/mol. The number of hydrogen-bond donors (Lipinski definition) is 1. The van der Waals surface area contributed by atoms with Crippen molar-refractivity contribution < 1.29 is 0 Å². The third kappa shape index (κ3) is 1.99. The Morgan fingerprint density at radius 1 is 1.80 bits per heavy atom. The summed E-state index contributed by atoms with van der Waals surface area (Å²) in [4.78, 5) is 0. The van der Waals surface area contributed by atoms with Crippen molar-refractivity contribution in [2.24, 2.45) is 0 Å². The molecule has 10 heavy (non-hydrogen) atoms. The fraction of sp³-hybridized carbons (Fsp3) is 0.556. The van der Waals surface area contributed by atoms with Crippen LogP contribution in [0.4, 0.5) is 0 Å². The van der Waals surface area contributed by atoms with Crippen LogP contribution in [-0.4, -0.2) is 12.1 Å². The van der Waals surface area contributed by atoms with Crippen LogP contribution >= 0.6 is 0 Å². The van der Waals surface area contributed by atoms with Crippen LogP contribution in [0.3, 0.4) is 0 Å². The van der Waals surface area contributed by atoms with Gasteiger partial charge in [-0.1, -0.05) is 18.2 Å². The van der Waals surface area contributed by atoms with E-state index in [-0.39, 0.29) is 0 Å². The number of rotatable bonds is 2. The van der Waals surface area contributed by atoms with Gasteiger partial charge >= 0.3 is 0 Å². The van der Waals surface area contributed by atoms with E-state index in [1.165, 1.54) is 0 Å². The average Bonchev–Trinajstić information content (AvgIpc) is 1.88. The van der Waals surface area contributed by atoms with E-state index in [9.17, 15) is 0 Å². The molecule has 1 aliphatic heterocycles. The fourth-order valence-corrected chi connectivity index (χ4v) is 1.31. The molecule has 0 radical (unpaired) electrons. The Kier molecular flexibility index (Phi) is 2.69. The van der Waals surface area contributed by atoms with Crippen molar-refractivity contribution >= 4 is 0 Å². The molecule has 56 valence electrons. The van der Waals surface area contributed by atoms with Crippen molar-refractivity contribution in [3.63, 3.8) is 0 Å². The molecule has 1 heterocycles. The molecule has 1 aliphatic rings. The minimum Gasteiger partial charge on any atom is -0.307 e. The molecule has 0 saturated carbocycles. The second kappa shape index (κ2) is 3.57. The molecule has 0 unspecified atom stereocenters. The summed E-state index contributed by atoms with van der Waals surface area (Å²) in [6.07, 6.45) is 8.66. The van der Waals surface area contributed by atoms with E-state index in [1.54, 1.807) is 0 Å². The lowest BCUT2D eigenvalue weighted by molar-refractivity contribution is 0.472. The molecule has 0 aliphatic carbocycles. The van der Waals surface area contributed by atoms with Gasteiger partial charge in [0.25, 0.3) is 0 Å². The van der Waals surface area contributed by atoms with Gasteiger partial charge in [-0.3, -0.25) is 0 Å². The Balaban J connectivity index is 2.36. The van der Waals surface area contributed by atoms with Crippen LogP contribution in [0.1, 0.15) is 19.8 Å². The molecule has 0 saturated heterocycles. The lowest BCUT2D eigenvalue weighted by atomic mass is 10.0. The van der Waals surface area contributed by atoms with E-state index in [0.717, 1.165) is 12.8 Å². The van der Waals surface area contributed by atoms with Crippen molar-refractivity contribution in [3.05, 3.63) is 24.8 Å². The number of nitrogens with one attached hydrogen (secondary N) is 1. The fourth-order valence-electron chi connectivity index (χ4n) is 1.31. The molecule has 0 aromatic carbocycles. The molecule has 1 nitrogen and oxygen atoms in total. The van der Waals surface area contributed by atoms with E-state index in [0.29, 0.717) is 12.1 Å². The van der Waals surface area contributed by atoms with Gasteiger partial charge in [-0.25, -0.2) is 0 Å². The van der Waals surface area contributed by atoms with Gasteiger partial charge in [0, 0.05) is 12.1 Å². The smallest absolute Gasteiger partial charge is 0.0224 e. The summed E-state index contributed by atoms with van der Waals surface area (Å²) >= 11 is 0. The first-order valence-corrected chi connectivity index (χ1v) is 3.86. The Bertz CT molecular complexity index is 138. The van der Waals surface area contributed by atoms with Gasteiger partial charge in [-0.2, -0.15) is 0 Å². The van der Waals surface area contributed by atoms with Crippen LogP contribution < -0.4 is 5.32 Å². The topological polar surface area (TPSA) is 12.0 Å². The van der Waals surface area contributed by atoms with Gasteiger partial charge in [0.1, 0.15) is 0 Å². The maximum absolute atomic E-state index is 3.72. The van der Waals surface area contributed by atoms with Crippen LogP contribution in [0.15, 0.2) is 24.8 Å². The maximum atomic E-state index is 3.72. The van der Waals surface area contributed by atoms with Crippen LogP contribution in [-0.2, 0) is 0 Å². The molecule has 1 rings (SSSR count). The molecule has 0 amide bonds. The maximum Gasteiger partial charge on any atom is 0.0224 e. The molecule has 0 fully saturated rings. The van der Waals surface area contributed by atoms with E-state index in [2.05, 4.69) is 31.0 Å². The number of hydrogen-bond acceptors (Lipinski definition) is 1. The van der Waals surface area contributed by atoms with E-state index >= 15 is 0 Å². The molecule has 0 aromatic heterocycles. The van der Waals surface area contributed by atoms with Crippen LogP contribution in [0, 0.1) is 0 Å². The van der Waals surface area contributed by atoms with Gasteiger partial charge < -0.3 is 5.32 Å². The molecule has 1 N–H and O–H groups in total. The standard InChI is InChI=1S/C9H15N/c1-3-5-9-7-4-6-8(2)10-9/h3-4,6,8-10H,1,5,7H2,2H3/t8-,9+/m1/s1. The van der Waals surface area contributed by atoms with Gasteiger partial charge in [-0.15, -0.1) is 6.58 Å². The highest BCUT2D eigenvalue weighted by Gasteiger charge is 2.10. The summed E-state index contributed by atoms with van der Waals surface area (Å²) in [7, 11) is 0. The van der Waals surface area contributed by atoms with Crippen LogP contribution in [0.2, 0.25) is 0 Å². The van der Waals surface area contributed by atoms with Gasteiger partial charge in [0.15, 0.2) is 0 Å². The summed E-state index contributed by atoms with van der Waals surface area (Å²) in [5.41, 5.74) is 0. The zero-order valence-corrected chi connectivity index (χ0v) is 6.51. The molecule has 0 bridgehead atoms. The zero-order chi connectivity index (χ0) is 7.40. The minimum absolute atomic E-state index is 0.540. The van der Waals surface area contributed by atoms with Crippen molar-refractivity contribution in [2.75, 3.05) is 0 Å². The largest absolute Gasteiger partial charge is 0.307 e. The summed E-state index contributed by atoms with van der Waals surface area (Å²) in [6.45, 7) is 5.89. The summed E-state index contributed by atoms with van der Waals surface area (Å²) in [5.74, 6) is 0. The zero-order valence-electron chi connectivity index (χ0n) is 6.51. The van der Waals surface area contributed by atoms with Gasteiger partial charge in [0.2, 0.25) is 0 Å². The Morgan fingerprint density at radius 3 is 3.20 bits per heavy atom. The molecule has 2 atom stereocenters. The third-order valence-electron chi connectivity index (χ3n) is 1.80. The average molecular weight is 137 g/mol. The van der Waals surface area contributed by atoms with Crippen LogP contribution in [0.5, 0.6) is 0 Å². The SMILES string of the molecule is C=CC[C@H]1CC=C[C@@H](C)N1. The van der Waals surface area contributed by atoms with Gasteiger partial charge in [-0.05, 0) is 19.8 Å². The first kappa shape index (κ1) is 7.55.